The van der Waals surface area contributed by atoms with E-state index >= 15 is 0 Å². The molecule has 0 saturated heterocycles. The van der Waals surface area contributed by atoms with Gasteiger partial charge in [-0.2, -0.15) is 0 Å². The maximum atomic E-state index is 12.4. The maximum absolute atomic E-state index is 12.4. The summed E-state index contributed by atoms with van der Waals surface area (Å²) in [5.74, 6) is 1.56. The number of hydrogen-bond donors (Lipinski definition) is 1. The summed E-state index contributed by atoms with van der Waals surface area (Å²) in [7, 11) is -3.53. The number of nitrogens with zero attached hydrogens (tertiary/aromatic N) is 2. The molecule has 0 aliphatic rings. The Hall–Kier alpha value is -2.64. The number of ether oxygens (including phenoxy) is 1. The zero-order chi connectivity index (χ0) is 19.8. The Labute approximate surface area is 166 Å². The highest BCUT2D eigenvalue weighted by atomic mass is 32.2. The lowest BCUT2D eigenvalue weighted by Crippen LogP contribution is -2.25. The molecule has 0 atom stereocenters. The van der Waals surface area contributed by atoms with Gasteiger partial charge in [0.25, 0.3) is 0 Å². The number of imidazole rings is 1. The fourth-order valence-electron chi connectivity index (χ4n) is 2.81. The van der Waals surface area contributed by atoms with Crippen LogP contribution in [0.3, 0.4) is 0 Å². The predicted molar refractivity (Wildman–Crippen MR) is 110 cm³/mol. The molecule has 28 heavy (non-hydrogen) atoms. The Bertz CT molecular complexity index is 968. The van der Waals surface area contributed by atoms with Crippen LogP contribution in [-0.4, -0.2) is 31.1 Å². The van der Waals surface area contributed by atoms with Gasteiger partial charge in [-0.3, -0.25) is 0 Å². The summed E-state index contributed by atoms with van der Waals surface area (Å²) in [5, 5.41) is 0. The van der Waals surface area contributed by atoms with Gasteiger partial charge in [-0.1, -0.05) is 37.3 Å². The molecular formula is C21H25N3O3S. The predicted octanol–water partition coefficient (Wildman–Crippen LogP) is 3.71. The first-order valence-electron chi connectivity index (χ1n) is 9.39. The minimum atomic E-state index is -3.53. The fraction of sp³-hybridized carbons (Fsp3) is 0.286. The average molecular weight is 400 g/mol. The third-order valence-corrected chi connectivity index (χ3v) is 5.70. The van der Waals surface area contributed by atoms with Gasteiger partial charge in [0.05, 0.1) is 11.5 Å². The van der Waals surface area contributed by atoms with Crippen LogP contribution < -0.4 is 9.46 Å². The quantitative estimate of drug-likeness (QED) is 0.528. The van der Waals surface area contributed by atoms with Crippen LogP contribution in [0.25, 0.3) is 11.4 Å². The Morgan fingerprint density at radius 3 is 2.54 bits per heavy atom. The molecule has 1 heterocycles. The van der Waals surface area contributed by atoms with Crippen molar-refractivity contribution < 1.29 is 13.2 Å². The molecule has 3 rings (SSSR count). The topological polar surface area (TPSA) is 73.2 Å². The van der Waals surface area contributed by atoms with Gasteiger partial charge in [0, 0.05) is 31.0 Å². The summed E-state index contributed by atoms with van der Waals surface area (Å²) in [6.45, 7) is 3.66. The lowest BCUT2D eigenvalue weighted by atomic mass is 10.2. The highest BCUT2D eigenvalue weighted by Gasteiger charge is 2.13. The van der Waals surface area contributed by atoms with Crippen LogP contribution in [0.5, 0.6) is 5.75 Å². The van der Waals surface area contributed by atoms with Crippen LogP contribution in [0.2, 0.25) is 0 Å². The van der Waals surface area contributed by atoms with Gasteiger partial charge in [-0.05, 0) is 37.1 Å². The fourth-order valence-corrected chi connectivity index (χ4v) is 3.89. The number of nitrogens with one attached hydrogen (secondary N) is 1. The molecule has 0 unspecified atom stereocenters. The monoisotopic (exact) mass is 399 g/mol. The molecule has 7 heteroatoms. The van der Waals surface area contributed by atoms with Crippen molar-refractivity contribution >= 4 is 10.0 Å². The summed E-state index contributed by atoms with van der Waals surface area (Å²) in [6, 6.07) is 16.4. The van der Waals surface area contributed by atoms with E-state index in [1.807, 2.05) is 48.0 Å². The van der Waals surface area contributed by atoms with Crippen LogP contribution in [-0.2, 0) is 16.6 Å². The highest BCUT2D eigenvalue weighted by Crippen LogP contribution is 2.18. The zero-order valence-electron chi connectivity index (χ0n) is 15.9. The van der Waals surface area contributed by atoms with Gasteiger partial charge in [0.2, 0.25) is 10.0 Å². The van der Waals surface area contributed by atoms with Gasteiger partial charge in [-0.15, -0.1) is 0 Å². The van der Waals surface area contributed by atoms with Crippen LogP contribution in [0.1, 0.15) is 19.8 Å². The SMILES string of the molecule is CCCOc1ccc(S(=O)(=O)NCCCn2ccnc2-c2ccccc2)cc1. The second-order valence-electron chi connectivity index (χ2n) is 6.38. The number of rotatable bonds is 10. The van der Waals surface area contributed by atoms with Crippen LogP contribution in [0, 0.1) is 0 Å². The van der Waals surface area contributed by atoms with Crippen LogP contribution in [0.4, 0.5) is 0 Å². The smallest absolute Gasteiger partial charge is 0.240 e. The van der Waals surface area contributed by atoms with Crippen molar-refractivity contribution in [2.45, 2.75) is 31.2 Å². The second kappa shape index (κ2) is 9.52. The van der Waals surface area contributed by atoms with Crippen molar-refractivity contribution in [2.24, 2.45) is 0 Å². The standard InChI is InChI=1S/C21H25N3O3S/c1-2-17-27-19-9-11-20(12-10-19)28(25,26)23-13-6-15-24-16-14-22-21(24)18-7-4-3-5-8-18/h3-5,7-12,14,16,23H,2,6,13,15,17H2,1H3. The molecule has 0 saturated carbocycles. The normalized spacial score (nSPS) is 11.5. The highest BCUT2D eigenvalue weighted by molar-refractivity contribution is 7.89. The van der Waals surface area contributed by atoms with Crippen molar-refractivity contribution in [3.05, 3.63) is 67.0 Å². The molecule has 1 aromatic heterocycles. The minimum absolute atomic E-state index is 0.240. The summed E-state index contributed by atoms with van der Waals surface area (Å²) >= 11 is 0. The molecule has 3 aromatic rings. The van der Waals surface area contributed by atoms with Crippen LogP contribution >= 0.6 is 0 Å². The van der Waals surface area contributed by atoms with Crippen molar-refractivity contribution in [1.29, 1.82) is 0 Å². The second-order valence-corrected chi connectivity index (χ2v) is 8.15. The van der Waals surface area contributed by atoms with Crippen molar-refractivity contribution in [1.82, 2.24) is 14.3 Å². The number of hydrogen-bond acceptors (Lipinski definition) is 4. The maximum Gasteiger partial charge on any atom is 0.240 e. The van der Waals surface area contributed by atoms with Gasteiger partial charge >= 0.3 is 0 Å². The molecule has 1 N–H and O–H groups in total. The molecule has 0 aliphatic heterocycles. The van der Waals surface area contributed by atoms with E-state index in [-0.39, 0.29) is 4.90 Å². The number of aromatic nitrogens is 2. The molecule has 0 amide bonds. The third-order valence-electron chi connectivity index (χ3n) is 4.22. The molecule has 0 aliphatic carbocycles. The first kappa shape index (κ1) is 20.1. The van der Waals surface area contributed by atoms with E-state index in [1.54, 1.807) is 30.5 Å². The summed E-state index contributed by atoms with van der Waals surface area (Å²) in [4.78, 5) is 4.64. The number of sulfonamides is 1. The minimum Gasteiger partial charge on any atom is -0.494 e. The van der Waals surface area contributed by atoms with Crippen molar-refractivity contribution in [3.63, 3.8) is 0 Å². The van der Waals surface area contributed by atoms with E-state index in [0.29, 0.717) is 31.9 Å². The van der Waals surface area contributed by atoms with E-state index in [9.17, 15) is 8.42 Å². The lowest BCUT2D eigenvalue weighted by Gasteiger charge is -2.10. The Morgan fingerprint density at radius 1 is 1.07 bits per heavy atom. The Kier molecular flexibility index (Phi) is 6.84. The van der Waals surface area contributed by atoms with Gasteiger partial charge < -0.3 is 9.30 Å². The molecule has 0 radical (unpaired) electrons. The Balaban J connectivity index is 1.53. The van der Waals surface area contributed by atoms with E-state index < -0.39 is 10.0 Å². The summed E-state index contributed by atoms with van der Waals surface area (Å²) < 4.78 is 35.0. The third kappa shape index (κ3) is 5.21. The van der Waals surface area contributed by atoms with Crippen molar-refractivity contribution in [2.75, 3.05) is 13.2 Å². The number of aryl methyl sites for hydroxylation is 1. The van der Waals surface area contributed by atoms with E-state index in [0.717, 1.165) is 17.8 Å². The molecule has 0 fully saturated rings. The molecule has 0 bridgehead atoms. The van der Waals surface area contributed by atoms with Crippen molar-refractivity contribution in [3.8, 4) is 17.1 Å². The van der Waals surface area contributed by atoms with Gasteiger partial charge in [0.15, 0.2) is 0 Å². The van der Waals surface area contributed by atoms with Crippen LogP contribution in [0.15, 0.2) is 71.9 Å². The first-order valence-corrected chi connectivity index (χ1v) is 10.9. The van der Waals surface area contributed by atoms with E-state index in [2.05, 4.69) is 9.71 Å². The average Bonchev–Trinajstić information content (AvgIpc) is 3.19. The largest absolute Gasteiger partial charge is 0.494 e. The molecule has 2 aromatic carbocycles. The molecule has 148 valence electrons. The van der Waals surface area contributed by atoms with E-state index in [1.165, 1.54) is 0 Å². The van der Waals surface area contributed by atoms with Gasteiger partial charge in [-0.25, -0.2) is 18.1 Å². The zero-order valence-corrected chi connectivity index (χ0v) is 16.7. The molecule has 6 nitrogen and oxygen atoms in total. The van der Waals surface area contributed by atoms with E-state index in [4.69, 9.17) is 4.74 Å². The summed E-state index contributed by atoms with van der Waals surface area (Å²) in [6.07, 6.45) is 5.23. The van der Waals surface area contributed by atoms with Gasteiger partial charge in [0.1, 0.15) is 11.6 Å². The lowest BCUT2D eigenvalue weighted by molar-refractivity contribution is 0.317. The summed E-state index contributed by atoms with van der Waals surface area (Å²) in [5.41, 5.74) is 1.04. The molecule has 0 spiro atoms. The Morgan fingerprint density at radius 2 is 1.82 bits per heavy atom. The molecular weight excluding hydrogens is 374 g/mol. The number of benzene rings is 2. The first-order chi connectivity index (χ1) is 13.6.